The normalized spacial score (nSPS) is 18.8. The molecular formula is C16H20N2O5. The van der Waals surface area contributed by atoms with E-state index < -0.39 is 23.8 Å². The molecule has 1 aliphatic rings. The first-order valence-corrected chi connectivity index (χ1v) is 7.31. The summed E-state index contributed by atoms with van der Waals surface area (Å²) in [5.41, 5.74) is 1.82. The second-order valence-electron chi connectivity index (χ2n) is 5.60. The van der Waals surface area contributed by atoms with Crippen LogP contribution >= 0.6 is 0 Å². The molecule has 2 amide bonds. The van der Waals surface area contributed by atoms with Crippen LogP contribution < -0.4 is 10.2 Å². The number of rotatable bonds is 6. The largest absolute Gasteiger partial charge is 0.480 e. The van der Waals surface area contributed by atoms with E-state index in [9.17, 15) is 14.4 Å². The number of aryl methyl sites for hydroxylation is 1. The van der Waals surface area contributed by atoms with Gasteiger partial charge in [0.25, 0.3) is 0 Å². The highest BCUT2D eigenvalue weighted by atomic mass is 16.5. The number of methoxy groups -OCH3 is 1. The van der Waals surface area contributed by atoms with Gasteiger partial charge in [0.1, 0.15) is 0 Å². The second kappa shape index (κ2) is 7.23. The fraction of sp³-hybridized carbons (Fsp3) is 0.438. The summed E-state index contributed by atoms with van der Waals surface area (Å²) in [6.07, 6.45) is 0.0685. The van der Waals surface area contributed by atoms with Crippen LogP contribution in [0, 0.1) is 12.8 Å². The number of carbonyl (C=O) groups excluding carboxylic acids is 2. The minimum Gasteiger partial charge on any atom is -0.480 e. The van der Waals surface area contributed by atoms with Crippen LogP contribution in [0.2, 0.25) is 0 Å². The van der Waals surface area contributed by atoms with Gasteiger partial charge in [-0.05, 0) is 19.1 Å². The number of carboxylic acid groups (broad SMARTS) is 1. The van der Waals surface area contributed by atoms with Gasteiger partial charge in [0.2, 0.25) is 11.8 Å². The maximum absolute atomic E-state index is 12.2. The van der Waals surface area contributed by atoms with Gasteiger partial charge in [-0.25, -0.2) is 4.79 Å². The first-order chi connectivity index (χ1) is 10.9. The highest BCUT2D eigenvalue weighted by molar-refractivity contribution is 6.00. The van der Waals surface area contributed by atoms with E-state index in [4.69, 9.17) is 9.84 Å². The number of hydrogen-bond donors (Lipinski definition) is 2. The summed E-state index contributed by atoms with van der Waals surface area (Å²) < 4.78 is 4.78. The average molecular weight is 320 g/mol. The number of amides is 2. The van der Waals surface area contributed by atoms with E-state index in [-0.39, 0.29) is 25.5 Å². The van der Waals surface area contributed by atoms with Crippen LogP contribution in [0.25, 0.3) is 0 Å². The van der Waals surface area contributed by atoms with Gasteiger partial charge in [0, 0.05) is 25.8 Å². The molecule has 2 rings (SSSR count). The summed E-state index contributed by atoms with van der Waals surface area (Å²) in [5, 5.41) is 11.5. The number of benzene rings is 1. The molecule has 0 spiro atoms. The van der Waals surface area contributed by atoms with Crippen molar-refractivity contribution < 1.29 is 24.2 Å². The van der Waals surface area contributed by atoms with Crippen LogP contribution in [0.5, 0.6) is 0 Å². The van der Waals surface area contributed by atoms with Gasteiger partial charge in [-0.15, -0.1) is 0 Å². The minimum absolute atomic E-state index is 0.0685. The first kappa shape index (κ1) is 17.0. The van der Waals surface area contributed by atoms with Crippen molar-refractivity contribution in [2.45, 2.75) is 19.4 Å². The Morgan fingerprint density at radius 2 is 2.04 bits per heavy atom. The Morgan fingerprint density at radius 3 is 2.61 bits per heavy atom. The van der Waals surface area contributed by atoms with Crippen molar-refractivity contribution in [3.63, 3.8) is 0 Å². The molecule has 1 aliphatic heterocycles. The van der Waals surface area contributed by atoms with Crippen molar-refractivity contribution >= 4 is 23.5 Å². The van der Waals surface area contributed by atoms with Crippen LogP contribution in [-0.2, 0) is 19.1 Å². The number of nitrogens with one attached hydrogen (secondary N) is 1. The lowest BCUT2D eigenvalue weighted by Gasteiger charge is -2.18. The lowest BCUT2D eigenvalue weighted by atomic mass is 10.1. The second-order valence-corrected chi connectivity index (χ2v) is 5.60. The van der Waals surface area contributed by atoms with Crippen molar-refractivity contribution in [1.82, 2.24) is 5.32 Å². The van der Waals surface area contributed by atoms with Gasteiger partial charge in [0.05, 0.1) is 12.5 Å². The Labute approximate surface area is 134 Å². The van der Waals surface area contributed by atoms with Crippen LogP contribution in [0.15, 0.2) is 24.3 Å². The fourth-order valence-electron chi connectivity index (χ4n) is 2.49. The number of ether oxygens (including phenoxy) is 1. The summed E-state index contributed by atoms with van der Waals surface area (Å²) in [6.45, 7) is 2.07. The van der Waals surface area contributed by atoms with Crippen molar-refractivity contribution in [1.29, 1.82) is 0 Å². The molecule has 7 nitrogen and oxygen atoms in total. The van der Waals surface area contributed by atoms with Crippen LogP contribution in [0.3, 0.4) is 0 Å². The van der Waals surface area contributed by atoms with E-state index in [2.05, 4.69) is 5.32 Å². The zero-order valence-corrected chi connectivity index (χ0v) is 13.1. The number of nitrogens with zero attached hydrogens (tertiary/aromatic N) is 1. The van der Waals surface area contributed by atoms with Gasteiger partial charge in [-0.1, -0.05) is 17.7 Å². The predicted octanol–water partition coefficient (Wildman–Crippen LogP) is 0.564. The third kappa shape index (κ3) is 4.07. The molecule has 0 saturated carbocycles. The number of carbonyl (C=O) groups is 3. The van der Waals surface area contributed by atoms with Gasteiger partial charge in [-0.2, -0.15) is 0 Å². The van der Waals surface area contributed by atoms with E-state index in [0.717, 1.165) is 11.3 Å². The summed E-state index contributed by atoms with van der Waals surface area (Å²) in [5.74, 6) is -2.33. The maximum atomic E-state index is 12.2. The van der Waals surface area contributed by atoms with Gasteiger partial charge >= 0.3 is 5.97 Å². The van der Waals surface area contributed by atoms with E-state index in [1.807, 2.05) is 31.2 Å². The zero-order chi connectivity index (χ0) is 17.0. The molecule has 0 radical (unpaired) electrons. The molecule has 7 heteroatoms. The molecule has 1 heterocycles. The number of hydrogen-bond acceptors (Lipinski definition) is 4. The molecule has 1 aromatic carbocycles. The predicted molar refractivity (Wildman–Crippen MR) is 83.1 cm³/mol. The number of aliphatic carboxylic acids is 1. The topological polar surface area (TPSA) is 95.9 Å². The molecule has 1 fully saturated rings. The Kier molecular flexibility index (Phi) is 5.33. The average Bonchev–Trinajstić information content (AvgIpc) is 2.89. The first-order valence-electron chi connectivity index (χ1n) is 7.31. The third-order valence-electron chi connectivity index (χ3n) is 3.79. The monoisotopic (exact) mass is 320 g/mol. The molecule has 2 atom stereocenters. The zero-order valence-electron chi connectivity index (χ0n) is 13.1. The Hall–Kier alpha value is -2.41. The van der Waals surface area contributed by atoms with Crippen molar-refractivity contribution in [3.05, 3.63) is 29.8 Å². The molecule has 0 aliphatic carbocycles. The Bertz CT molecular complexity index is 599. The van der Waals surface area contributed by atoms with E-state index >= 15 is 0 Å². The minimum atomic E-state index is -1.17. The molecule has 0 bridgehead atoms. The lowest BCUT2D eigenvalue weighted by molar-refractivity contribution is -0.143. The van der Waals surface area contributed by atoms with Gasteiger partial charge in [0.15, 0.2) is 6.04 Å². The van der Waals surface area contributed by atoms with Crippen molar-refractivity contribution in [2.75, 3.05) is 25.2 Å². The van der Waals surface area contributed by atoms with Gasteiger partial charge in [-0.3, -0.25) is 9.59 Å². The quantitative estimate of drug-likeness (QED) is 0.798. The van der Waals surface area contributed by atoms with Crippen LogP contribution in [0.1, 0.15) is 12.0 Å². The molecule has 2 N–H and O–H groups in total. The molecule has 1 saturated heterocycles. The SMILES string of the molecule is COCC(NC(=O)C1CC(=O)N(c2ccc(C)cc2)C1)C(=O)O. The summed E-state index contributed by atoms with van der Waals surface area (Å²) >= 11 is 0. The van der Waals surface area contributed by atoms with Crippen LogP contribution in [0.4, 0.5) is 5.69 Å². The molecule has 124 valence electrons. The van der Waals surface area contributed by atoms with E-state index in [1.54, 1.807) is 4.90 Å². The third-order valence-corrected chi connectivity index (χ3v) is 3.79. The van der Waals surface area contributed by atoms with E-state index in [1.165, 1.54) is 7.11 Å². The van der Waals surface area contributed by atoms with Crippen molar-refractivity contribution in [3.8, 4) is 0 Å². The lowest BCUT2D eigenvalue weighted by Crippen LogP contribution is -2.46. The number of anilines is 1. The maximum Gasteiger partial charge on any atom is 0.328 e. The molecule has 2 unspecified atom stereocenters. The summed E-state index contributed by atoms with van der Waals surface area (Å²) in [7, 11) is 1.36. The highest BCUT2D eigenvalue weighted by Crippen LogP contribution is 2.25. The summed E-state index contributed by atoms with van der Waals surface area (Å²) in [4.78, 5) is 36.9. The smallest absolute Gasteiger partial charge is 0.328 e. The molecular weight excluding hydrogens is 300 g/mol. The molecule has 23 heavy (non-hydrogen) atoms. The Morgan fingerprint density at radius 1 is 1.39 bits per heavy atom. The molecule has 1 aromatic rings. The Balaban J connectivity index is 2.02. The molecule has 0 aromatic heterocycles. The number of carboxylic acids is 1. The van der Waals surface area contributed by atoms with Crippen molar-refractivity contribution in [2.24, 2.45) is 5.92 Å². The standard InChI is InChI=1S/C16H20N2O5/c1-10-3-5-12(6-4-10)18-8-11(7-14(18)19)15(20)17-13(9-23-2)16(21)22/h3-6,11,13H,7-9H2,1-2H3,(H,17,20)(H,21,22). The fourth-order valence-corrected chi connectivity index (χ4v) is 2.49. The van der Waals surface area contributed by atoms with E-state index in [0.29, 0.717) is 0 Å². The summed E-state index contributed by atoms with van der Waals surface area (Å²) in [6, 6.07) is 6.34. The van der Waals surface area contributed by atoms with Crippen LogP contribution in [-0.4, -0.2) is 49.2 Å². The van der Waals surface area contributed by atoms with Gasteiger partial charge < -0.3 is 20.1 Å². The highest BCUT2D eigenvalue weighted by Gasteiger charge is 2.36.